The highest BCUT2D eigenvalue weighted by molar-refractivity contribution is 5.98. The van der Waals surface area contributed by atoms with Crippen molar-refractivity contribution in [1.29, 1.82) is 0 Å². The molecule has 1 aromatic heterocycles. The Morgan fingerprint density at radius 1 is 1.35 bits per heavy atom. The Labute approximate surface area is 101 Å². The molecule has 0 unspecified atom stereocenters. The minimum Gasteiger partial charge on any atom is -0.477 e. The van der Waals surface area contributed by atoms with Gasteiger partial charge in [-0.3, -0.25) is 0 Å². The van der Waals surface area contributed by atoms with Gasteiger partial charge in [-0.05, 0) is 25.0 Å². The molecule has 17 heavy (non-hydrogen) atoms. The van der Waals surface area contributed by atoms with E-state index in [4.69, 9.17) is 0 Å². The number of aromatic carboxylic acids is 1. The number of benzene rings is 1. The molecule has 0 aliphatic carbocycles. The number of unbranched alkanes of at least 4 members (excludes halogenated alkanes) is 1. The lowest BCUT2D eigenvalue weighted by Gasteiger charge is -2.07. The Morgan fingerprint density at radius 3 is 2.71 bits per heavy atom. The summed E-state index contributed by atoms with van der Waals surface area (Å²) in [6.07, 6.45) is 2.06. The van der Waals surface area contributed by atoms with Crippen molar-refractivity contribution in [2.75, 3.05) is 0 Å². The third kappa shape index (κ3) is 1.93. The normalized spacial score (nSPS) is 10.9. The molecular weight excluding hydrogens is 214 g/mol. The fraction of sp³-hybridized carbons (Fsp3) is 0.357. The van der Waals surface area contributed by atoms with Gasteiger partial charge in [0.15, 0.2) is 0 Å². The van der Waals surface area contributed by atoms with Crippen LogP contribution in [0.5, 0.6) is 0 Å². The highest BCUT2D eigenvalue weighted by Crippen LogP contribution is 2.26. The van der Waals surface area contributed by atoms with Crippen molar-refractivity contribution in [1.82, 2.24) is 4.57 Å². The molecular formula is C14H17NO2. The molecule has 0 bridgehead atoms. The fourth-order valence-corrected chi connectivity index (χ4v) is 2.30. The predicted molar refractivity (Wildman–Crippen MR) is 68.5 cm³/mol. The van der Waals surface area contributed by atoms with Crippen molar-refractivity contribution in [3.05, 3.63) is 35.5 Å². The summed E-state index contributed by atoms with van der Waals surface area (Å²) in [5.74, 6) is -0.838. The van der Waals surface area contributed by atoms with Crippen LogP contribution in [0.2, 0.25) is 0 Å². The first kappa shape index (κ1) is 11.7. The number of carbonyl (C=O) groups is 1. The summed E-state index contributed by atoms with van der Waals surface area (Å²) in [5.41, 5.74) is 2.32. The number of fused-ring (bicyclic) bond motifs is 1. The largest absolute Gasteiger partial charge is 0.477 e. The summed E-state index contributed by atoms with van der Waals surface area (Å²) in [6.45, 7) is 4.76. The third-order valence-corrected chi connectivity index (χ3v) is 3.16. The number of hydrogen-bond donors (Lipinski definition) is 1. The van der Waals surface area contributed by atoms with Crippen molar-refractivity contribution >= 4 is 16.9 Å². The van der Waals surface area contributed by atoms with Gasteiger partial charge in [0.25, 0.3) is 0 Å². The first-order chi connectivity index (χ1) is 8.16. The lowest BCUT2D eigenvalue weighted by molar-refractivity contribution is 0.0684. The third-order valence-electron chi connectivity index (χ3n) is 3.16. The fourth-order valence-electron chi connectivity index (χ4n) is 2.30. The van der Waals surface area contributed by atoms with E-state index in [1.54, 1.807) is 0 Å². The minimum atomic E-state index is -0.838. The van der Waals surface area contributed by atoms with Crippen LogP contribution >= 0.6 is 0 Å². The average Bonchev–Trinajstić information content (AvgIpc) is 2.60. The smallest absolute Gasteiger partial charge is 0.352 e. The van der Waals surface area contributed by atoms with E-state index in [9.17, 15) is 9.90 Å². The van der Waals surface area contributed by atoms with Crippen molar-refractivity contribution in [3.8, 4) is 0 Å². The van der Waals surface area contributed by atoms with Gasteiger partial charge >= 0.3 is 5.97 Å². The van der Waals surface area contributed by atoms with E-state index in [-0.39, 0.29) is 0 Å². The molecule has 2 rings (SSSR count). The van der Waals surface area contributed by atoms with Crippen LogP contribution in [0.4, 0.5) is 0 Å². The Hall–Kier alpha value is -1.77. The number of carboxylic acids is 1. The summed E-state index contributed by atoms with van der Waals surface area (Å²) in [4.78, 5) is 11.4. The number of nitrogens with zero attached hydrogens (tertiary/aromatic N) is 1. The van der Waals surface area contributed by atoms with E-state index >= 15 is 0 Å². The molecule has 0 aliphatic heterocycles. The van der Waals surface area contributed by atoms with Crippen molar-refractivity contribution in [2.24, 2.45) is 0 Å². The van der Waals surface area contributed by atoms with Gasteiger partial charge in [-0.25, -0.2) is 4.79 Å². The molecule has 3 heteroatoms. The summed E-state index contributed by atoms with van der Waals surface area (Å²) in [5, 5.41) is 10.4. The van der Waals surface area contributed by atoms with E-state index in [0.717, 1.165) is 35.9 Å². The van der Waals surface area contributed by atoms with Crippen LogP contribution in [0.3, 0.4) is 0 Å². The first-order valence-corrected chi connectivity index (χ1v) is 5.98. The van der Waals surface area contributed by atoms with Crippen LogP contribution in [0.1, 0.15) is 35.8 Å². The number of para-hydroxylation sites is 1. The standard InChI is InChI=1S/C14H17NO2/c1-3-4-9-15-12-8-6-5-7-11(12)10(2)13(15)14(16)17/h5-8H,3-4,9H2,1-2H3,(H,16,17). The van der Waals surface area contributed by atoms with Crippen LogP contribution < -0.4 is 0 Å². The number of hydrogen-bond acceptors (Lipinski definition) is 1. The molecule has 2 aromatic rings. The van der Waals surface area contributed by atoms with Gasteiger partial charge in [0.05, 0.1) is 0 Å². The van der Waals surface area contributed by atoms with E-state index in [1.165, 1.54) is 0 Å². The molecule has 0 fully saturated rings. The Morgan fingerprint density at radius 2 is 2.06 bits per heavy atom. The molecule has 1 N–H and O–H groups in total. The second-order valence-electron chi connectivity index (χ2n) is 4.30. The lowest BCUT2D eigenvalue weighted by atomic mass is 10.1. The summed E-state index contributed by atoms with van der Waals surface area (Å²) in [6, 6.07) is 7.88. The van der Waals surface area contributed by atoms with Gasteiger partial charge in [0.1, 0.15) is 5.69 Å². The quantitative estimate of drug-likeness (QED) is 0.875. The maximum Gasteiger partial charge on any atom is 0.352 e. The van der Waals surface area contributed by atoms with Crippen LogP contribution in [0.15, 0.2) is 24.3 Å². The first-order valence-electron chi connectivity index (χ1n) is 5.98. The van der Waals surface area contributed by atoms with Crippen LogP contribution in [-0.4, -0.2) is 15.6 Å². The predicted octanol–water partition coefficient (Wildman–Crippen LogP) is 3.45. The molecule has 3 nitrogen and oxygen atoms in total. The summed E-state index contributed by atoms with van der Waals surface area (Å²) in [7, 11) is 0. The second-order valence-corrected chi connectivity index (χ2v) is 4.30. The number of aryl methyl sites for hydroxylation is 2. The molecule has 0 spiro atoms. The van der Waals surface area contributed by atoms with Crippen molar-refractivity contribution in [3.63, 3.8) is 0 Å². The molecule has 0 saturated heterocycles. The van der Waals surface area contributed by atoms with E-state index in [2.05, 4.69) is 6.92 Å². The van der Waals surface area contributed by atoms with E-state index < -0.39 is 5.97 Å². The zero-order chi connectivity index (χ0) is 12.4. The zero-order valence-corrected chi connectivity index (χ0v) is 10.2. The summed E-state index contributed by atoms with van der Waals surface area (Å²) < 4.78 is 1.93. The molecule has 1 aromatic carbocycles. The SMILES string of the molecule is CCCCn1c(C(=O)O)c(C)c2ccccc21. The van der Waals surface area contributed by atoms with Gasteiger partial charge in [0.2, 0.25) is 0 Å². The number of aromatic nitrogens is 1. The molecule has 0 atom stereocenters. The monoisotopic (exact) mass is 231 g/mol. The zero-order valence-electron chi connectivity index (χ0n) is 10.2. The topological polar surface area (TPSA) is 42.2 Å². The molecule has 0 aliphatic rings. The maximum atomic E-state index is 11.4. The van der Waals surface area contributed by atoms with E-state index in [1.807, 2.05) is 35.8 Å². The van der Waals surface area contributed by atoms with Crippen molar-refractivity contribution < 1.29 is 9.90 Å². The van der Waals surface area contributed by atoms with Crippen molar-refractivity contribution in [2.45, 2.75) is 33.2 Å². The molecule has 0 saturated carbocycles. The van der Waals surface area contributed by atoms with Crippen LogP contribution in [0, 0.1) is 6.92 Å². The average molecular weight is 231 g/mol. The molecule has 1 heterocycles. The number of carboxylic acid groups (broad SMARTS) is 1. The Bertz CT molecular complexity index is 555. The highest BCUT2D eigenvalue weighted by atomic mass is 16.4. The highest BCUT2D eigenvalue weighted by Gasteiger charge is 2.18. The Kier molecular flexibility index (Phi) is 3.18. The molecule has 90 valence electrons. The Balaban J connectivity index is 2.67. The van der Waals surface area contributed by atoms with Gasteiger partial charge < -0.3 is 9.67 Å². The van der Waals surface area contributed by atoms with Gasteiger partial charge in [0, 0.05) is 17.4 Å². The van der Waals surface area contributed by atoms with Gasteiger partial charge in [-0.2, -0.15) is 0 Å². The second kappa shape index (κ2) is 4.62. The van der Waals surface area contributed by atoms with Gasteiger partial charge in [-0.15, -0.1) is 0 Å². The number of rotatable bonds is 4. The molecule has 0 amide bonds. The summed E-state index contributed by atoms with van der Waals surface area (Å²) >= 11 is 0. The van der Waals surface area contributed by atoms with Crippen LogP contribution in [-0.2, 0) is 6.54 Å². The van der Waals surface area contributed by atoms with Gasteiger partial charge in [-0.1, -0.05) is 31.5 Å². The maximum absolute atomic E-state index is 11.4. The van der Waals surface area contributed by atoms with Crippen LogP contribution in [0.25, 0.3) is 10.9 Å². The van der Waals surface area contributed by atoms with E-state index in [0.29, 0.717) is 5.69 Å². The minimum absolute atomic E-state index is 0.430. The lowest BCUT2D eigenvalue weighted by Crippen LogP contribution is -2.09. The molecule has 0 radical (unpaired) electrons.